The van der Waals surface area contributed by atoms with E-state index in [1.54, 1.807) is 72.8 Å². The van der Waals surface area contributed by atoms with E-state index in [1.165, 1.54) is 13.0 Å². The Morgan fingerprint density at radius 2 is 1.51 bits per heavy atom. The summed E-state index contributed by atoms with van der Waals surface area (Å²) in [6.07, 6.45) is 1.89. The predicted molar refractivity (Wildman–Crippen MR) is 138 cm³/mol. The smallest absolute Gasteiger partial charge is 0.331 e. The van der Waals surface area contributed by atoms with E-state index in [4.69, 9.17) is 37.4 Å². The van der Waals surface area contributed by atoms with Crippen LogP contribution >= 0.6 is 23.2 Å². The first-order valence-corrected chi connectivity index (χ1v) is 11.7. The van der Waals surface area contributed by atoms with E-state index >= 15 is 0 Å². The molecule has 0 aliphatic heterocycles. The van der Waals surface area contributed by atoms with Crippen molar-refractivity contribution in [3.63, 3.8) is 0 Å². The molecule has 0 fully saturated rings. The van der Waals surface area contributed by atoms with E-state index in [2.05, 4.69) is 5.32 Å². The Morgan fingerprint density at radius 3 is 2.14 bits per heavy atom. The minimum atomic E-state index is -0.967. The lowest BCUT2D eigenvalue weighted by atomic mass is 10.2. The number of anilines is 1. The molecule has 3 aromatic carbocycles. The average Bonchev–Trinajstić information content (AvgIpc) is 2.84. The summed E-state index contributed by atoms with van der Waals surface area (Å²) in [5.74, 6) is 0.268. The van der Waals surface area contributed by atoms with Crippen LogP contribution in [-0.4, -0.2) is 24.6 Å². The number of hydrogen-bond donors (Lipinski definition) is 1. The largest absolute Gasteiger partial charge is 0.494 e. The van der Waals surface area contributed by atoms with Crippen molar-refractivity contribution in [3.8, 4) is 11.5 Å². The molecular weight excluding hydrogens is 489 g/mol. The van der Waals surface area contributed by atoms with Crippen LogP contribution in [0.2, 0.25) is 10.0 Å². The van der Waals surface area contributed by atoms with Crippen LogP contribution in [0.5, 0.6) is 11.5 Å². The van der Waals surface area contributed by atoms with Crippen molar-refractivity contribution in [2.24, 2.45) is 0 Å². The van der Waals surface area contributed by atoms with Crippen LogP contribution < -0.4 is 14.8 Å². The zero-order valence-corrected chi connectivity index (χ0v) is 20.8. The van der Waals surface area contributed by atoms with E-state index < -0.39 is 18.0 Å². The van der Waals surface area contributed by atoms with E-state index in [-0.39, 0.29) is 6.61 Å². The molecule has 6 nitrogen and oxygen atoms in total. The van der Waals surface area contributed by atoms with Crippen LogP contribution in [0, 0.1) is 0 Å². The highest BCUT2D eigenvalue weighted by atomic mass is 35.5. The number of halogens is 2. The van der Waals surface area contributed by atoms with Crippen molar-refractivity contribution in [2.75, 3.05) is 11.9 Å². The molecule has 1 unspecified atom stereocenters. The van der Waals surface area contributed by atoms with Gasteiger partial charge in [0.2, 0.25) is 0 Å². The van der Waals surface area contributed by atoms with E-state index in [1.807, 2.05) is 6.92 Å². The maximum absolute atomic E-state index is 12.3. The first kappa shape index (κ1) is 26.1. The molecule has 0 aromatic heterocycles. The highest BCUT2D eigenvalue weighted by Gasteiger charge is 2.16. The quantitative estimate of drug-likeness (QED) is 0.245. The molecule has 0 bridgehead atoms. The van der Waals surface area contributed by atoms with Gasteiger partial charge in [0.25, 0.3) is 5.91 Å². The fraction of sp³-hybridized carbons (Fsp3) is 0.185. The summed E-state index contributed by atoms with van der Waals surface area (Å²) in [5.41, 5.74) is 2.05. The van der Waals surface area contributed by atoms with Gasteiger partial charge in [0.05, 0.1) is 6.61 Å². The van der Waals surface area contributed by atoms with Crippen LogP contribution in [0.25, 0.3) is 6.08 Å². The van der Waals surface area contributed by atoms with Crippen molar-refractivity contribution >= 4 is 46.8 Å². The first-order valence-electron chi connectivity index (χ1n) is 10.9. The number of amides is 1. The standard InChI is InChI=1S/C27H25Cl2NO5/c1-3-33-21-14-10-20(11-15-21)30-27(32)18(2)35-26(31)16-9-19-7-12-22(13-8-19)34-17-23-24(28)5-4-6-25(23)29/h4-16,18H,3,17H2,1-2H3,(H,30,32)/b16-9+. The maximum Gasteiger partial charge on any atom is 0.331 e. The summed E-state index contributed by atoms with van der Waals surface area (Å²) >= 11 is 12.3. The third kappa shape index (κ3) is 8.05. The second-order valence-electron chi connectivity index (χ2n) is 7.42. The molecule has 0 saturated heterocycles. The van der Waals surface area contributed by atoms with Gasteiger partial charge in [0.15, 0.2) is 6.10 Å². The average molecular weight is 514 g/mol. The number of esters is 1. The summed E-state index contributed by atoms with van der Waals surface area (Å²) in [5, 5.41) is 3.78. The Bertz CT molecular complexity index is 1160. The molecule has 3 rings (SSSR count). The second kappa shape index (κ2) is 12.8. The minimum Gasteiger partial charge on any atom is -0.494 e. The van der Waals surface area contributed by atoms with Crippen molar-refractivity contribution in [1.82, 2.24) is 0 Å². The van der Waals surface area contributed by atoms with Crippen molar-refractivity contribution in [2.45, 2.75) is 26.6 Å². The van der Waals surface area contributed by atoms with Gasteiger partial charge in [-0.3, -0.25) is 4.79 Å². The van der Waals surface area contributed by atoms with Crippen LogP contribution in [0.15, 0.2) is 72.8 Å². The first-order chi connectivity index (χ1) is 16.9. The van der Waals surface area contributed by atoms with Crippen molar-refractivity contribution in [1.29, 1.82) is 0 Å². The highest BCUT2D eigenvalue weighted by molar-refractivity contribution is 6.35. The lowest BCUT2D eigenvalue weighted by Crippen LogP contribution is -2.29. The van der Waals surface area contributed by atoms with Gasteiger partial charge in [-0.1, -0.05) is 41.4 Å². The molecule has 0 aliphatic rings. The molecule has 0 spiro atoms. The number of ether oxygens (including phenoxy) is 3. The van der Waals surface area contributed by atoms with Gasteiger partial charge in [-0.15, -0.1) is 0 Å². The molecule has 1 atom stereocenters. The lowest BCUT2D eigenvalue weighted by Gasteiger charge is -2.13. The summed E-state index contributed by atoms with van der Waals surface area (Å²) < 4.78 is 16.3. The summed E-state index contributed by atoms with van der Waals surface area (Å²) in [7, 11) is 0. The highest BCUT2D eigenvalue weighted by Crippen LogP contribution is 2.26. The number of carbonyl (C=O) groups excluding carboxylic acids is 2. The maximum atomic E-state index is 12.3. The Hall–Kier alpha value is -3.48. The SMILES string of the molecule is CCOc1ccc(NC(=O)C(C)OC(=O)/C=C/c2ccc(OCc3c(Cl)cccc3Cl)cc2)cc1. The molecule has 35 heavy (non-hydrogen) atoms. The molecule has 8 heteroatoms. The summed E-state index contributed by atoms with van der Waals surface area (Å²) in [6, 6.07) is 19.3. The number of carbonyl (C=O) groups is 2. The van der Waals surface area contributed by atoms with Crippen LogP contribution in [0.1, 0.15) is 25.0 Å². The van der Waals surface area contributed by atoms with Gasteiger partial charge >= 0.3 is 5.97 Å². The Morgan fingerprint density at radius 1 is 0.914 bits per heavy atom. The normalized spacial score (nSPS) is 11.7. The van der Waals surface area contributed by atoms with Crippen LogP contribution in [-0.2, 0) is 20.9 Å². The van der Waals surface area contributed by atoms with E-state index in [0.717, 1.165) is 5.56 Å². The topological polar surface area (TPSA) is 73.9 Å². The fourth-order valence-electron chi connectivity index (χ4n) is 2.98. The molecule has 0 heterocycles. The number of benzene rings is 3. The van der Waals surface area contributed by atoms with Gasteiger partial charge in [0.1, 0.15) is 18.1 Å². The second-order valence-corrected chi connectivity index (χ2v) is 8.23. The molecule has 182 valence electrons. The van der Waals surface area contributed by atoms with E-state index in [9.17, 15) is 9.59 Å². The van der Waals surface area contributed by atoms with Gasteiger partial charge in [-0.25, -0.2) is 4.79 Å². The van der Waals surface area contributed by atoms with Gasteiger partial charge in [-0.05, 0) is 74.0 Å². The van der Waals surface area contributed by atoms with Gasteiger partial charge in [0, 0.05) is 27.4 Å². The number of nitrogens with one attached hydrogen (secondary N) is 1. The molecule has 1 amide bonds. The zero-order chi connectivity index (χ0) is 25.2. The van der Waals surface area contributed by atoms with Crippen molar-refractivity contribution < 1.29 is 23.8 Å². The Kier molecular flexibility index (Phi) is 9.58. The summed E-state index contributed by atoms with van der Waals surface area (Å²) in [6.45, 7) is 4.19. The molecule has 1 N–H and O–H groups in total. The third-order valence-corrected chi connectivity index (χ3v) is 5.54. The van der Waals surface area contributed by atoms with E-state index in [0.29, 0.717) is 39.4 Å². The Balaban J connectivity index is 1.47. The zero-order valence-electron chi connectivity index (χ0n) is 19.3. The number of hydrogen-bond acceptors (Lipinski definition) is 5. The van der Waals surface area contributed by atoms with Crippen molar-refractivity contribution in [3.05, 3.63) is 94.0 Å². The molecule has 0 radical (unpaired) electrons. The predicted octanol–water partition coefficient (Wildman–Crippen LogP) is 6.55. The molecule has 0 aliphatic carbocycles. The minimum absolute atomic E-state index is 0.233. The van der Waals surface area contributed by atoms with Crippen LogP contribution in [0.4, 0.5) is 5.69 Å². The van der Waals surface area contributed by atoms with Gasteiger partial charge < -0.3 is 19.5 Å². The van der Waals surface area contributed by atoms with Gasteiger partial charge in [-0.2, -0.15) is 0 Å². The summed E-state index contributed by atoms with van der Waals surface area (Å²) in [4.78, 5) is 24.4. The molecule has 3 aromatic rings. The lowest BCUT2D eigenvalue weighted by molar-refractivity contribution is -0.148. The molecular formula is C27H25Cl2NO5. The van der Waals surface area contributed by atoms with Crippen LogP contribution in [0.3, 0.4) is 0 Å². The molecule has 0 saturated carbocycles. The monoisotopic (exact) mass is 513 g/mol. The fourth-order valence-corrected chi connectivity index (χ4v) is 3.48. The third-order valence-electron chi connectivity index (χ3n) is 4.83. The Labute approximate surface area is 214 Å². The number of rotatable bonds is 10.